The zero-order chi connectivity index (χ0) is 18.0. The van der Waals surface area contributed by atoms with Crippen LogP contribution in [0.3, 0.4) is 0 Å². The Morgan fingerprint density at radius 3 is 2.69 bits per heavy atom. The fourth-order valence-corrected chi connectivity index (χ4v) is 3.16. The van der Waals surface area contributed by atoms with Crippen molar-refractivity contribution in [3.05, 3.63) is 23.0 Å². The smallest absolute Gasteiger partial charge is 0.258 e. The number of rotatable bonds is 6. The van der Waals surface area contributed by atoms with Gasteiger partial charge in [-0.1, -0.05) is 29.6 Å². The minimum atomic E-state index is -0.617. The van der Waals surface area contributed by atoms with Gasteiger partial charge in [0.2, 0.25) is 0 Å². The van der Waals surface area contributed by atoms with Crippen LogP contribution in [0, 0.1) is 0 Å². The van der Waals surface area contributed by atoms with E-state index in [4.69, 9.17) is 37.1 Å². The second kappa shape index (κ2) is 8.11. The zero-order valence-corrected chi connectivity index (χ0v) is 15.7. The summed E-state index contributed by atoms with van der Waals surface area (Å²) in [5, 5.41) is 4.26. The van der Waals surface area contributed by atoms with Gasteiger partial charge in [-0.2, -0.15) is 4.98 Å². The van der Waals surface area contributed by atoms with E-state index in [1.165, 1.54) is 7.11 Å². The van der Waals surface area contributed by atoms with Crippen LogP contribution >= 0.6 is 24.0 Å². The van der Waals surface area contributed by atoms with Gasteiger partial charge in [-0.25, -0.2) is 0 Å². The maximum atomic E-state index is 10.9. The van der Waals surface area contributed by atoms with Crippen molar-refractivity contribution in [1.82, 2.24) is 10.1 Å². The summed E-state index contributed by atoms with van der Waals surface area (Å²) in [4.78, 5) is 15.3. The molecule has 26 heavy (non-hydrogen) atoms. The average Bonchev–Trinajstić information content (AvgIpc) is 3.22. The Hall–Kier alpha value is -2.03. The number of carbonyl (C=O) groups excluding carboxylic acids is 1. The molecule has 1 aromatic carbocycles. The van der Waals surface area contributed by atoms with Crippen LogP contribution in [0.25, 0.3) is 11.5 Å². The molecule has 10 heteroatoms. The predicted octanol–water partition coefficient (Wildman–Crippen LogP) is 2.41. The van der Waals surface area contributed by atoms with E-state index < -0.39 is 11.4 Å². The first kappa shape index (κ1) is 20.3. The zero-order valence-electron chi connectivity index (χ0n) is 14.2. The summed E-state index contributed by atoms with van der Waals surface area (Å²) < 4.78 is 15.9. The molecule has 4 N–H and O–H groups in total. The fourth-order valence-electron chi connectivity index (χ4n) is 2.90. The minimum Gasteiger partial charge on any atom is -0.493 e. The molecular formula is C16H20Cl2N4O4. The topological polar surface area (TPSA) is 126 Å². The Bertz CT molecular complexity index is 791. The molecule has 1 aliphatic rings. The van der Waals surface area contributed by atoms with Gasteiger partial charge in [-0.05, 0) is 25.0 Å². The largest absolute Gasteiger partial charge is 0.493 e. The van der Waals surface area contributed by atoms with Gasteiger partial charge in [0.15, 0.2) is 23.9 Å². The van der Waals surface area contributed by atoms with Crippen LogP contribution < -0.4 is 20.9 Å². The molecule has 2 aromatic rings. The van der Waals surface area contributed by atoms with Crippen LogP contribution in [-0.2, 0) is 10.3 Å². The van der Waals surface area contributed by atoms with Crippen molar-refractivity contribution >= 4 is 29.9 Å². The number of primary amides is 1. The molecule has 1 heterocycles. The summed E-state index contributed by atoms with van der Waals surface area (Å²) in [6.07, 6.45) is 3.75. The summed E-state index contributed by atoms with van der Waals surface area (Å²) in [5.41, 5.74) is 11.5. The molecule has 1 fully saturated rings. The highest BCUT2D eigenvalue weighted by atomic mass is 35.5. The molecule has 3 rings (SSSR count). The molecule has 0 spiro atoms. The summed E-state index contributed by atoms with van der Waals surface area (Å²) in [6, 6.07) is 3.23. The lowest BCUT2D eigenvalue weighted by Gasteiger charge is -2.17. The highest BCUT2D eigenvalue weighted by molar-refractivity contribution is 6.32. The summed E-state index contributed by atoms with van der Waals surface area (Å²) in [7, 11) is 1.46. The lowest BCUT2D eigenvalue weighted by molar-refractivity contribution is -0.119. The Balaban J connectivity index is 0.00000243. The maximum Gasteiger partial charge on any atom is 0.258 e. The van der Waals surface area contributed by atoms with E-state index in [0.29, 0.717) is 17.1 Å². The Kier molecular flexibility index (Phi) is 6.33. The third kappa shape index (κ3) is 4.03. The number of amides is 1. The lowest BCUT2D eigenvalue weighted by Crippen LogP contribution is -2.34. The predicted molar refractivity (Wildman–Crippen MR) is 97.6 cm³/mol. The number of aromatic nitrogens is 2. The number of halogens is 2. The van der Waals surface area contributed by atoms with Crippen LogP contribution in [-0.4, -0.2) is 29.8 Å². The third-order valence-electron chi connectivity index (χ3n) is 4.20. The summed E-state index contributed by atoms with van der Waals surface area (Å²) in [6.45, 7) is -0.310. The second-order valence-corrected chi connectivity index (χ2v) is 6.44. The van der Waals surface area contributed by atoms with E-state index in [1.807, 2.05) is 0 Å². The molecule has 0 saturated heterocycles. The van der Waals surface area contributed by atoms with Crippen LogP contribution in [0.2, 0.25) is 5.02 Å². The fraction of sp³-hybridized carbons (Fsp3) is 0.438. The van der Waals surface area contributed by atoms with E-state index in [2.05, 4.69) is 10.1 Å². The first-order valence-corrected chi connectivity index (χ1v) is 8.23. The number of hydrogen-bond acceptors (Lipinski definition) is 7. The highest BCUT2D eigenvalue weighted by Gasteiger charge is 2.36. The second-order valence-electron chi connectivity index (χ2n) is 6.03. The van der Waals surface area contributed by atoms with Gasteiger partial charge >= 0.3 is 0 Å². The Morgan fingerprint density at radius 1 is 1.38 bits per heavy atom. The molecule has 142 valence electrons. The van der Waals surface area contributed by atoms with Crippen LogP contribution in [0.15, 0.2) is 16.7 Å². The average molecular weight is 403 g/mol. The van der Waals surface area contributed by atoms with Gasteiger partial charge in [0.05, 0.1) is 17.7 Å². The number of methoxy groups -OCH3 is 1. The van der Waals surface area contributed by atoms with Gasteiger partial charge in [-0.3, -0.25) is 4.79 Å². The molecule has 1 amide bonds. The number of carbonyl (C=O) groups is 1. The monoisotopic (exact) mass is 402 g/mol. The van der Waals surface area contributed by atoms with Crippen molar-refractivity contribution in [2.24, 2.45) is 11.5 Å². The third-order valence-corrected chi connectivity index (χ3v) is 4.48. The van der Waals surface area contributed by atoms with E-state index in [0.717, 1.165) is 25.7 Å². The van der Waals surface area contributed by atoms with Gasteiger partial charge in [0.25, 0.3) is 11.8 Å². The van der Waals surface area contributed by atoms with Gasteiger partial charge in [-0.15, -0.1) is 12.4 Å². The van der Waals surface area contributed by atoms with E-state index in [9.17, 15) is 4.79 Å². The van der Waals surface area contributed by atoms with Crippen molar-refractivity contribution in [2.75, 3.05) is 13.7 Å². The minimum absolute atomic E-state index is 0. The van der Waals surface area contributed by atoms with Gasteiger partial charge in [0.1, 0.15) is 0 Å². The van der Waals surface area contributed by atoms with E-state index >= 15 is 0 Å². The first-order chi connectivity index (χ1) is 11.9. The van der Waals surface area contributed by atoms with Crippen LogP contribution in [0.1, 0.15) is 31.5 Å². The number of benzene rings is 1. The number of ether oxygens (including phenoxy) is 2. The quantitative estimate of drug-likeness (QED) is 0.758. The number of nitrogens with zero attached hydrogens (tertiary/aromatic N) is 2. The molecule has 0 aliphatic heterocycles. The Labute approximate surface area is 161 Å². The molecule has 8 nitrogen and oxygen atoms in total. The molecule has 0 unspecified atom stereocenters. The van der Waals surface area contributed by atoms with Crippen molar-refractivity contribution < 1.29 is 18.8 Å². The Morgan fingerprint density at radius 2 is 2.08 bits per heavy atom. The summed E-state index contributed by atoms with van der Waals surface area (Å²) in [5.74, 6) is 0.704. The number of hydrogen-bond donors (Lipinski definition) is 2. The molecule has 1 aliphatic carbocycles. The van der Waals surface area contributed by atoms with Crippen molar-refractivity contribution in [3.8, 4) is 23.0 Å². The van der Waals surface area contributed by atoms with Crippen LogP contribution in [0.4, 0.5) is 0 Å². The number of nitrogens with two attached hydrogens (primary N) is 2. The molecule has 0 bridgehead atoms. The van der Waals surface area contributed by atoms with E-state index in [1.54, 1.807) is 12.1 Å². The van der Waals surface area contributed by atoms with Gasteiger partial charge in [0, 0.05) is 5.56 Å². The van der Waals surface area contributed by atoms with E-state index in [-0.39, 0.29) is 35.7 Å². The lowest BCUT2D eigenvalue weighted by atomic mass is 9.99. The van der Waals surface area contributed by atoms with Crippen LogP contribution in [0.5, 0.6) is 11.5 Å². The standard InChI is InChI=1S/C16H19ClN4O4.ClH/c1-23-11-7-9(6-10(17)13(11)24-8-12(18)22)14-20-15(21-25-14)16(19)4-2-3-5-16;/h6-7H,2-5,8,19H2,1H3,(H2,18,22);1H. The summed E-state index contributed by atoms with van der Waals surface area (Å²) >= 11 is 6.24. The van der Waals surface area contributed by atoms with Crippen molar-refractivity contribution in [1.29, 1.82) is 0 Å². The van der Waals surface area contributed by atoms with Gasteiger partial charge < -0.3 is 25.5 Å². The molecule has 1 saturated carbocycles. The normalized spacial score (nSPS) is 15.3. The molecule has 0 radical (unpaired) electrons. The highest BCUT2D eigenvalue weighted by Crippen LogP contribution is 2.40. The van der Waals surface area contributed by atoms with Crippen molar-refractivity contribution in [3.63, 3.8) is 0 Å². The maximum absolute atomic E-state index is 10.9. The molecular weight excluding hydrogens is 383 g/mol. The molecule has 0 atom stereocenters. The molecule has 1 aromatic heterocycles. The first-order valence-electron chi connectivity index (χ1n) is 7.85. The SMILES string of the molecule is COc1cc(-c2nc(C3(N)CCCC3)no2)cc(Cl)c1OCC(N)=O.Cl. The van der Waals surface area contributed by atoms with Crippen molar-refractivity contribution in [2.45, 2.75) is 31.2 Å².